The minimum absolute atomic E-state index is 0.209. The molecule has 2 unspecified atom stereocenters. The third-order valence-corrected chi connectivity index (χ3v) is 7.84. The maximum atomic E-state index is 14.8. The van der Waals surface area contributed by atoms with Crippen molar-refractivity contribution in [2.75, 3.05) is 0 Å². The molecular formula is C20H35FO. The fourth-order valence-electron chi connectivity index (χ4n) is 6.74. The summed E-state index contributed by atoms with van der Waals surface area (Å²) in [5.74, 6) is 3.24. The zero-order valence-electron chi connectivity index (χ0n) is 14.9. The van der Waals surface area contributed by atoms with E-state index in [1.54, 1.807) is 0 Å². The van der Waals surface area contributed by atoms with Crippen LogP contribution in [0.25, 0.3) is 0 Å². The van der Waals surface area contributed by atoms with Crippen LogP contribution in [0.15, 0.2) is 0 Å². The third kappa shape index (κ3) is 2.74. The highest BCUT2D eigenvalue weighted by molar-refractivity contribution is 5.04. The second kappa shape index (κ2) is 6.07. The standard InChI is InChI=1S/C20H35FO/c1-12-9-13(2)19(21)11-16-15(10-12)7-8-20(4)17(14(3)22)5-6-18(16)20/h12-19,22H,5-11H2,1-4H3/t12-,13+,14?,15?,16-,17-,18+,19-,20-/m1/s1. The Morgan fingerprint density at radius 2 is 1.82 bits per heavy atom. The first-order valence-corrected chi connectivity index (χ1v) is 9.65. The first kappa shape index (κ1) is 16.7. The van der Waals surface area contributed by atoms with Crippen LogP contribution in [0.5, 0.6) is 0 Å². The van der Waals surface area contributed by atoms with E-state index >= 15 is 0 Å². The van der Waals surface area contributed by atoms with Gasteiger partial charge in [-0.1, -0.05) is 20.8 Å². The molecule has 22 heavy (non-hydrogen) atoms. The second-order valence-electron chi connectivity index (χ2n) is 9.30. The summed E-state index contributed by atoms with van der Waals surface area (Å²) in [4.78, 5) is 0. The molecule has 1 N–H and O–H groups in total. The predicted molar refractivity (Wildman–Crippen MR) is 89.3 cm³/mol. The Morgan fingerprint density at radius 1 is 1.09 bits per heavy atom. The fourth-order valence-corrected chi connectivity index (χ4v) is 6.74. The van der Waals surface area contributed by atoms with Gasteiger partial charge in [0.1, 0.15) is 6.17 Å². The lowest BCUT2D eigenvalue weighted by Crippen LogP contribution is -2.46. The summed E-state index contributed by atoms with van der Waals surface area (Å²) >= 11 is 0. The van der Waals surface area contributed by atoms with Crippen LogP contribution >= 0.6 is 0 Å². The summed E-state index contributed by atoms with van der Waals surface area (Å²) in [5.41, 5.74) is 0.251. The summed E-state index contributed by atoms with van der Waals surface area (Å²) in [5, 5.41) is 10.2. The van der Waals surface area contributed by atoms with Crippen LogP contribution < -0.4 is 0 Å². The summed E-state index contributed by atoms with van der Waals surface area (Å²) in [6, 6.07) is 0. The van der Waals surface area contributed by atoms with Gasteiger partial charge in [0.05, 0.1) is 6.10 Å². The largest absolute Gasteiger partial charge is 0.393 e. The Bertz CT molecular complexity index is 395. The highest BCUT2D eigenvalue weighted by Gasteiger charge is 2.55. The maximum Gasteiger partial charge on any atom is 0.103 e. The average Bonchev–Trinajstić information content (AvgIpc) is 2.78. The van der Waals surface area contributed by atoms with Crippen molar-refractivity contribution in [2.24, 2.45) is 40.9 Å². The lowest BCUT2D eigenvalue weighted by molar-refractivity contribution is -0.0503. The van der Waals surface area contributed by atoms with Gasteiger partial charge in [0.2, 0.25) is 0 Å². The monoisotopic (exact) mass is 310 g/mol. The van der Waals surface area contributed by atoms with Crippen molar-refractivity contribution in [3.8, 4) is 0 Å². The molecule has 0 aliphatic heterocycles. The van der Waals surface area contributed by atoms with Gasteiger partial charge < -0.3 is 5.11 Å². The molecule has 0 bridgehead atoms. The summed E-state index contributed by atoms with van der Waals surface area (Å²) < 4.78 is 14.8. The van der Waals surface area contributed by atoms with E-state index in [1.807, 2.05) is 6.92 Å². The summed E-state index contributed by atoms with van der Waals surface area (Å²) in [6.07, 6.45) is 7.16. The van der Waals surface area contributed by atoms with Crippen molar-refractivity contribution in [1.29, 1.82) is 0 Å². The number of rotatable bonds is 1. The van der Waals surface area contributed by atoms with Crippen LogP contribution in [-0.4, -0.2) is 17.4 Å². The van der Waals surface area contributed by atoms with Gasteiger partial charge in [-0.15, -0.1) is 0 Å². The van der Waals surface area contributed by atoms with Crippen molar-refractivity contribution in [2.45, 2.75) is 84.9 Å². The van der Waals surface area contributed by atoms with Gasteiger partial charge in [0.15, 0.2) is 0 Å². The molecule has 1 nitrogen and oxygen atoms in total. The Hall–Kier alpha value is -0.110. The molecule has 0 aromatic carbocycles. The van der Waals surface area contributed by atoms with Crippen LogP contribution in [0.3, 0.4) is 0 Å². The Kier molecular flexibility index (Phi) is 4.62. The zero-order chi connectivity index (χ0) is 16.1. The van der Waals surface area contributed by atoms with Gasteiger partial charge >= 0.3 is 0 Å². The molecule has 0 saturated heterocycles. The molecule has 0 heterocycles. The molecule has 128 valence electrons. The molecule has 9 atom stereocenters. The second-order valence-corrected chi connectivity index (χ2v) is 9.30. The predicted octanol–water partition coefficient (Wildman–Crippen LogP) is 5.22. The quantitative estimate of drug-likeness (QED) is 0.704. The van der Waals surface area contributed by atoms with Crippen LogP contribution in [-0.2, 0) is 0 Å². The Morgan fingerprint density at radius 3 is 2.50 bits per heavy atom. The molecule has 0 aromatic heterocycles. The van der Waals surface area contributed by atoms with E-state index in [4.69, 9.17) is 0 Å². The van der Waals surface area contributed by atoms with E-state index in [2.05, 4.69) is 20.8 Å². The van der Waals surface area contributed by atoms with E-state index < -0.39 is 6.17 Å². The van der Waals surface area contributed by atoms with Gasteiger partial charge in [-0.25, -0.2) is 4.39 Å². The molecule has 0 radical (unpaired) electrons. The molecule has 3 rings (SSSR count). The number of fused-ring (bicyclic) bond motifs is 3. The smallest absolute Gasteiger partial charge is 0.103 e. The molecule has 0 spiro atoms. The molecule has 2 heteroatoms. The topological polar surface area (TPSA) is 20.2 Å². The number of hydrogen-bond acceptors (Lipinski definition) is 1. The lowest BCUT2D eigenvalue weighted by Gasteiger charge is -2.51. The summed E-state index contributed by atoms with van der Waals surface area (Å²) in [7, 11) is 0. The number of halogens is 1. The van der Waals surface area contributed by atoms with Crippen molar-refractivity contribution < 1.29 is 9.50 Å². The SMILES string of the molecule is CC(O)[C@H]1CC[C@H]2[C@@H]3C[C@@H](F)[C@@H](C)C[C@@H](C)CC3CC[C@]12C. The zero-order valence-corrected chi connectivity index (χ0v) is 14.9. The van der Waals surface area contributed by atoms with Crippen LogP contribution in [0.4, 0.5) is 4.39 Å². The van der Waals surface area contributed by atoms with E-state index in [0.29, 0.717) is 23.7 Å². The average molecular weight is 310 g/mol. The van der Waals surface area contributed by atoms with Gasteiger partial charge in [-0.05, 0) is 92.8 Å². The molecule has 3 aliphatic carbocycles. The van der Waals surface area contributed by atoms with E-state index in [9.17, 15) is 9.50 Å². The van der Waals surface area contributed by atoms with Gasteiger partial charge in [-0.2, -0.15) is 0 Å². The lowest BCUT2D eigenvalue weighted by atomic mass is 9.54. The molecular weight excluding hydrogens is 275 g/mol. The molecule has 3 saturated carbocycles. The summed E-state index contributed by atoms with van der Waals surface area (Å²) in [6.45, 7) is 8.80. The van der Waals surface area contributed by atoms with Gasteiger partial charge in [0.25, 0.3) is 0 Å². The van der Waals surface area contributed by atoms with Crippen LogP contribution in [0, 0.1) is 40.9 Å². The molecule has 0 aromatic rings. The van der Waals surface area contributed by atoms with E-state index in [1.165, 1.54) is 25.7 Å². The first-order chi connectivity index (χ1) is 10.3. The van der Waals surface area contributed by atoms with Gasteiger partial charge in [0, 0.05) is 0 Å². The van der Waals surface area contributed by atoms with Crippen molar-refractivity contribution >= 4 is 0 Å². The van der Waals surface area contributed by atoms with Crippen molar-refractivity contribution in [1.82, 2.24) is 0 Å². The minimum atomic E-state index is -0.622. The van der Waals surface area contributed by atoms with Crippen molar-refractivity contribution in [3.05, 3.63) is 0 Å². The minimum Gasteiger partial charge on any atom is -0.393 e. The van der Waals surface area contributed by atoms with E-state index in [0.717, 1.165) is 25.2 Å². The number of hydrogen-bond donors (Lipinski definition) is 1. The van der Waals surface area contributed by atoms with Crippen LogP contribution in [0.2, 0.25) is 0 Å². The number of aliphatic hydroxyl groups is 1. The maximum absolute atomic E-state index is 14.8. The Balaban J connectivity index is 1.85. The highest BCUT2D eigenvalue weighted by atomic mass is 19.1. The molecule has 0 amide bonds. The third-order valence-electron chi connectivity index (χ3n) is 7.84. The Labute approximate surface area is 136 Å². The van der Waals surface area contributed by atoms with Crippen LogP contribution in [0.1, 0.15) is 72.6 Å². The number of aliphatic hydroxyl groups excluding tert-OH is 1. The molecule has 3 fully saturated rings. The first-order valence-electron chi connectivity index (χ1n) is 9.65. The number of alkyl halides is 1. The normalized spacial score (nSPS) is 54.0. The highest BCUT2D eigenvalue weighted by Crippen LogP contribution is 2.62. The van der Waals surface area contributed by atoms with E-state index in [-0.39, 0.29) is 17.4 Å². The molecule has 3 aliphatic rings. The van der Waals surface area contributed by atoms with Crippen molar-refractivity contribution in [3.63, 3.8) is 0 Å². The van der Waals surface area contributed by atoms with Gasteiger partial charge in [-0.3, -0.25) is 0 Å². The fraction of sp³-hybridized carbons (Fsp3) is 1.00.